The molecule has 1 aliphatic heterocycles. The second-order valence-corrected chi connectivity index (χ2v) is 6.27. The molecule has 21 heavy (non-hydrogen) atoms. The Bertz CT molecular complexity index is 535. The van der Waals surface area contributed by atoms with E-state index in [1.165, 1.54) is 0 Å². The van der Waals surface area contributed by atoms with Crippen molar-refractivity contribution in [3.05, 3.63) is 22.2 Å². The third kappa shape index (κ3) is 3.49. The molecule has 0 aliphatic carbocycles. The first-order valence-electron chi connectivity index (χ1n) is 6.81. The van der Waals surface area contributed by atoms with Crippen molar-refractivity contribution in [2.45, 2.75) is 13.5 Å². The monoisotopic (exact) mass is 357 g/mol. The van der Waals surface area contributed by atoms with E-state index in [1.54, 1.807) is 14.2 Å². The fraction of sp³-hybridized carbons (Fsp3) is 0.533. The van der Waals surface area contributed by atoms with Gasteiger partial charge >= 0.3 is 5.97 Å². The van der Waals surface area contributed by atoms with Gasteiger partial charge in [-0.15, -0.1) is 0 Å². The number of likely N-dealkylation sites (tertiary alicyclic amines) is 1. The zero-order chi connectivity index (χ0) is 15.6. The van der Waals surface area contributed by atoms with E-state index in [0.29, 0.717) is 13.1 Å². The maximum absolute atomic E-state index is 11.2. The average Bonchev–Trinajstić information content (AvgIpc) is 2.81. The summed E-state index contributed by atoms with van der Waals surface area (Å²) in [7, 11) is 3.25. The van der Waals surface area contributed by atoms with Crippen LogP contribution in [0.3, 0.4) is 0 Å². The Balaban J connectivity index is 2.18. The molecular weight excluding hydrogens is 338 g/mol. The second kappa shape index (κ2) is 6.66. The summed E-state index contributed by atoms with van der Waals surface area (Å²) in [6.45, 7) is 3.98. The van der Waals surface area contributed by atoms with Crippen LogP contribution in [0, 0.1) is 11.8 Å². The zero-order valence-corrected chi connectivity index (χ0v) is 14.0. The molecule has 2 atom stereocenters. The van der Waals surface area contributed by atoms with E-state index in [-0.39, 0.29) is 11.8 Å². The van der Waals surface area contributed by atoms with Gasteiger partial charge in [-0.05, 0) is 34.0 Å². The number of carboxylic acid groups (broad SMARTS) is 1. The lowest BCUT2D eigenvalue weighted by atomic mass is 9.99. The molecule has 5 nitrogen and oxygen atoms in total. The van der Waals surface area contributed by atoms with Crippen molar-refractivity contribution in [2.75, 3.05) is 27.3 Å². The average molecular weight is 358 g/mol. The lowest BCUT2D eigenvalue weighted by molar-refractivity contribution is -0.142. The van der Waals surface area contributed by atoms with Gasteiger partial charge in [0.05, 0.1) is 24.6 Å². The zero-order valence-electron chi connectivity index (χ0n) is 12.4. The van der Waals surface area contributed by atoms with E-state index in [1.807, 2.05) is 19.1 Å². The highest BCUT2D eigenvalue weighted by molar-refractivity contribution is 9.10. The van der Waals surface area contributed by atoms with Gasteiger partial charge in [0.1, 0.15) is 11.5 Å². The summed E-state index contributed by atoms with van der Waals surface area (Å²) >= 11 is 3.44. The fourth-order valence-corrected chi connectivity index (χ4v) is 3.29. The molecule has 0 amide bonds. The van der Waals surface area contributed by atoms with Crippen LogP contribution in [0.4, 0.5) is 0 Å². The third-order valence-corrected chi connectivity index (χ3v) is 4.57. The molecule has 1 aliphatic rings. The number of rotatable bonds is 5. The van der Waals surface area contributed by atoms with Crippen LogP contribution in [0.5, 0.6) is 11.5 Å². The second-order valence-electron chi connectivity index (χ2n) is 5.41. The minimum atomic E-state index is -0.717. The Morgan fingerprint density at radius 2 is 2.00 bits per heavy atom. The van der Waals surface area contributed by atoms with E-state index >= 15 is 0 Å². The highest BCUT2D eigenvalue weighted by Crippen LogP contribution is 2.34. The molecule has 0 radical (unpaired) electrons. The number of methoxy groups -OCH3 is 2. The first-order chi connectivity index (χ1) is 9.96. The highest BCUT2D eigenvalue weighted by Gasteiger charge is 2.34. The smallest absolute Gasteiger partial charge is 0.308 e. The number of carboxylic acids is 1. The van der Waals surface area contributed by atoms with Gasteiger partial charge in [-0.1, -0.05) is 6.92 Å². The highest BCUT2D eigenvalue weighted by atomic mass is 79.9. The van der Waals surface area contributed by atoms with E-state index in [4.69, 9.17) is 9.47 Å². The fourth-order valence-electron chi connectivity index (χ4n) is 2.81. The Labute approximate surface area is 133 Å². The largest absolute Gasteiger partial charge is 0.496 e. The standard InChI is InChI=1S/C15H20BrNO4/c1-9-6-17(8-11(9)15(18)19)7-10-4-14(21-3)12(16)5-13(10)20-2/h4-5,9,11H,6-8H2,1-3H3,(H,18,19). The lowest BCUT2D eigenvalue weighted by Gasteiger charge is -2.18. The number of benzene rings is 1. The van der Waals surface area contributed by atoms with Crippen molar-refractivity contribution in [2.24, 2.45) is 11.8 Å². The molecule has 1 heterocycles. The molecule has 0 spiro atoms. The Kier molecular flexibility index (Phi) is 5.11. The molecule has 1 aromatic rings. The van der Waals surface area contributed by atoms with Crippen molar-refractivity contribution >= 4 is 21.9 Å². The SMILES string of the molecule is COc1cc(CN2CC(C)C(C(=O)O)C2)c(OC)cc1Br. The van der Waals surface area contributed by atoms with Crippen LogP contribution >= 0.6 is 15.9 Å². The maximum Gasteiger partial charge on any atom is 0.308 e. The molecule has 0 saturated carbocycles. The molecule has 0 aromatic heterocycles. The van der Waals surface area contributed by atoms with Crippen LogP contribution in [0.15, 0.2) is 16.6 Å². The summed E-state index contributed by atoms with van der Waals surface area (Å²) in [6, 6.07) is 3.81. The van der Waals surface area contributed by atoms with Crippen molar-refractivity contribution in [3.63, 3.8) is 0 Å². The van der Waals surface area contributed by atoms with Gasteiger partial charge in [0.2, 0.25) is 0 Å². The number of hydrogen-bond donors (Lipinski definition) is 1. The summed E-state index contributed by atoms with van der Waals surface area (Å²) in [6.07, 6.45) is 0. The Hall–Kier alpha value is -1.27. The number of aliphatic carboxylic acids is 1. The molecule has 1 N–H and O–H groups in total. The molecule has 116 valence electrons. The minimum Gasteiger partial charge on any atom is -0.496 e. The molecule has 0 bridgehead atoms. The summed E-state index contributed by atoms with van der Waals surface area (Å²) < 4.78 is 11.6. The van der Waals surface area contributed by atoms with Crippen molar-refractivity contribution in [1.82, 2.24) is 4.90 Å². The topological polar surface area (TPSA) is 59.0 Å². The van der Waals surface area contributed by atoms with Crippen molar-refractivity contribution in [3.8, 4) is 11.5 Å². The van der Waals surface area contributed by atoms with Gasteiger partial charge in [0.15, 0.2) is 0 Å². The molecule has 2 rings (SSSR count). The van der Waals surface area contributed by atoms with Crippen LogP contribution < -0.4 is 9.47 Å². The number of carbonyl (C=O) groups is 1. The van der Waals surface area contributed by atoms with Crippen LogP contribution in [0.25, 0.3) is 0 Å². The minimum absolute atomic E-state index is 0.158. The van der Waals surface area contributed by atoms with Gasteiger partial charge in [-0.25, -0.2) is 0 Å². The lowest BCUT2D eigenvalue weighted by Crippen LogP contribution is -2.23. The van der Waals surface area contributed by atoms with Crippen molar-refractivity contribution in [1.29, 1.82) is 0 Å². The normalized spacial score (nSPS) is 22.3. The maximum atomic E-state index is 11.2. The quantitative estimate of drug-likeness (QED) is 0.877. The Morgan fingerprint density at radius 1 is 1.33 bits per heavy atom. The van der Waals surface area contributed by atoms with Gasteiger partial charge in [-0.3, -0.25) is 9.69 Å². The molecule has 2 unspecified atom stereocenters. The third-order valence-electron chi connectivity index (χ3n) is 3.95. The summed E-state index contributed by atoms with van der Waals surface area (Å²) in [5.74, 6) is 0.659. The summed E-state index contributed by atoms with van der Waals surface area (Å²) in [5, 5.41) is 9.21. The molecule has 1 aromatic carbocycles. The number of nitrogens with zero attached hydrogens (tertiary/aromatic N) is 1. The summed E-state index contributed by atoms with van der Waals surface area (Å²) in [5.41, 5.74) is 0.996. The Morgan fingerprint density at radius 3 is 2.52 bits per heavy atom. The predicted molar refractivity (Wildman–Crippen MR) is 82.8 cm³/mol. The first kappa shape index (κ1) is 16.1. The number of ether oxygens (including phenoxy) is 2. The van der Waals surface area contributed by atoms with E-state index in [0.717, 1.165) is 28.1 Å². The van der Waals surface area contributed by atoms with Crippen LogP contribution in [0.1, 0.15) is 12.5 Å². The van der Waals surface area contributed by atoms with E-state index in [2.05, 4.69) is 20.8 Å². The summed E-state index contributed by atoms with van der Waals surface area (Å²) in [4.78, 5) is 13.3. The molecular formula is C15H20BrNO4. The van der Waals surface area contributed by atoms with Crippen LogP contribution in [-0.2, 0) is 11.3 Å². The van der Waals surface area contributed by atoms with Gasteiger partial charge in [-0.2, -0.15) is 0 Å². The van der Waals surface area contributed by atoms with Gasteiger partial charge < -0.3 is 14.6 Å². The van der Waals surface area contributed by atoms with Gasteiger partial charge in [0.25, 0.3) is 0 Å². The van der Waals surface area contributed by atoms with Crippen molar-refractivity contribution < 1.29 is 19.4 Å². The number of halogens is 1. The molecule has 6 heteroatoms. The van der Waals surface area contributed by atoms with Gasteiger partial charge in [0, 0.05) is 25.2 Å². The van der Waals surface area contributed by atoms with Crippen LogP contribution in [-0.4, -0.2) is 43.3 Å². The molecule has 1 fully saturated rings. The van der Waals surface area contributed by atoms with E-state index in [9.17, 15) is 9.90 Å². The van der Waals surface area contributed by atoms with E-state index < -0.39 is 5.97 Å². The number of hydrogen-bond acceptors (Lipinski definition) is 4. The molecule has 1 saturated heterocycles. The first-order valence-corrected chi connectivity index (χ1v) is 7.61. The van der Waals surface area contributed by atoms with Crippen LogP contribution in [0.2, 0.25) is 0 Å². The predicted octanol–water partition coefficient (Wildman–Crippen LogP) is 2.62.